The van der Waals surface area contributed by atoms with Gasteiger partial charge in [-0.25, -0.2) is 4.98 Å². The summed E-state index contributed by atoms with van der Waals surface area (Å²) in [6.45, 7) is 1.58. The minimum atomic E-state index is -0.0355. The molecule has 0 aliphatic heterocycles. The molecule has 3 rings (SSSR count). The SMILES string of the molecule is CN(C)CCCN(C(=O)/C=C/c1ccccc1)c1nc2ccccc2s1.Cl. The highest BCUT2D eigenvalue weighted by molar-refractivity contribution is 7.22. The molecule has 0 spiro atoms. The van der Waals surface area contributed by atoms with Gasteiger partial charge in [-0.1, -0.05) is 53.8 Å². The number of hydrogen-bond acceptors (Lipinski definition) is 4. The second-order valence-electron chi connectivity index (χ2n) is 6.35. The molecule has 3 aromatic rings. The number of amides is 1. The predicted molar refractivity (Wildman–Crippen MR) is 118 cm³/mol. The van der Waals surface area contributed by atoms with E-state index in [1.807, 2.05) is 74.8 Å². The topological polar surface area (TPSA) is 36.4 Å². The fourth-order valence-corrected chi connectivity index (χ4v) is 3.64. The largest absolute Gasteiger partial charge is 0.309 e. The summed E-state index contributed by atoms with van der Waals surface area (Å²) >= 11 is 1.56. The maximum Gasteiger partial charge on any atom is 0.252 e. The van der Waals surface area contributed by atoms with Crippen molar-refractivity contribution in [2.24, 2.45) is 0 Å². The Bertz CT molecular complexity index is 860. The van der Waals surface area contributed by atoms with E-state index in [4.69, 9.17) is 0 Å². The van der Waals surface area contributed by atoms with Gasteiger partial charge in [0.2, 0.25) is 0 Å². The highest BCUT2D eigenvalue weighted by Crippen LogP contribution is 2.29. The first-order valence-electron chi connectivity index (χ1n) is 8.68. The van der Waals surface area contributed by atoms with Crippen molar-refractivity contribution in [2.45, 2.75) is 6.42 Å². The molecule has 0 bridgehead atoms. The fourth-order valence-electron chi connectivity index (χ4n) is 2.64. The molecule has 142 valence electrons. The zero-order valence-electron chi connectivity index (χ0n) is 15.5. The van der Waals surface area contributed by atoms with Gasteiger partial charge in [-0.3, -0.25) is 9.69 Å². The van der Waals surface area contributed by atoms with Gasteiger partial charge in [-0.2, -0.15) is 0 Å². The predicted octanol–water partition coefficient (Wildman–Crippen LogP) is 4.72. The second kappa shape index (κ2) is 10.2. The molecule has 6 heteroatoms. The lowest BCUT2D eigenvalue weighted by atomic mass is 10.2. The number of thiazole rings is 1. The van der Waals surface area contributed by atoms with Crippen molar-refractivity contribution in [1.82, 2.24) is 9.88 Å². The number of hydrogen-bond donors (Lipinski definition) is 0. The zero-order valence-corrected chi connectivity index (χ0v) is 17.2. The molecule has 0 unspecified atom stereocenters. The molecular formula is C21H24ClN3OS. The molecule has 0 saturated heterocycles. The first kappa shape index (κ1) is 21.1. The van der Waals surface area contributed by atoms with E-state index in [1.165, 1.54) is 0 Å². The van der Waals surface area contributed by atoms with Crippen LogP contribution in [0.1, 0.15) is 12.0 Å². The molecule has 1 amide bonds. The number of aromatic nitrogens is 1. The molecule has 0 aliphatic rings. The van der Waals surface area contributed by atoms with Crippen molar-refractivity contribution >= 4 is 51.1 Å². The molecule has 0 fully saturated rings. The zero-order chi connectivity index (χ0) is 18.4. The summed E-state index contributed by atoms with van der Waals surface area (Å²) in [5.74, 6) is -0.0355. The average Bonchev–Trinajstić information content (AvgIpc) is 3.07. The molecular weight excluding hydrogens is 378 g/mol. The highest BCUT2D eigenvalue weighted by Gasteiger charge is 2.17. The minimum absolute atomic E-state index is 0. The van der Waals surface area contributed by atoms with Crippen LogP contribution in [0.5, 0.6) is 0 Å². The van der Waals surface area contributed by atoms with Gasteiger partial charge in [-0.05, 0) is 50.8 Å². The fraction of sp³-hybridized carbons (Fsp3) is 0.238. The number of halogens is 1. The Labute approximate surface area is 170 Å². The summed E-state index contributed by atoms with van der Waals surface area (Å²) < 4.78 is 1.10. The molecule has 4 nitrogen and oxygen atoms in total. The van der Waals surface area contributed by atoms with E-state index in [0.29, 0.717) is 6.54 Å². The number of nitrogens with zero attached hydrogens (tertiary/aromatic N) is 3. The smallest absolute Gasteiger partial charge is 0.252 e. The number of para-hydroxylation sites is 1. The van der Waals surface area contributed by atoms with Crippen LogP contribution in [-0.4, -0.2) is 43.0 Å². The number of anilines is 1. The van der Waals surface area contributed by atoms with E-state index in [9.17, 15) is 4.79 Å². The maximum atomic E-state index is 12.9. The molecule has 0 saturated carbocycles. The van der Waals surface area contributed by atoms with Crippen LogP contribution in [0.15, 0.2) is 60.7 Å². The van der Waals surface area contributed by atoms with Crippen LogP contribution in [0.2, 0.25) is 0 Å². The Morgan fingerprint density at radius 1 is 1.04 bits per heavy atom. The Morgan fingerprint density at radius 3 is 2.44 bits per heavy atom. The standard InChI is InChI=1S/C21H23N3OS.ClH/c1-23(2)15-8-16-24(20(25)14-13-17-9-4-3-5-10-17)21-22-18-11-6-7-12-19(18)26-21;/h3-7,9-14H,8,15-16H2,1-2H3;1H/b14-13+;. The molecule has 0 atom stereocenters. The van der Waals surface area contributed by atoms with Crippen LogP contribution in [0.3, 0.4) is 0 Å². The summed E-state index contributed by atoms with van der Waals surface area (Å²) in [5, 5.41) is 0.757. The van der Waals surface area contributed by atoms with Crippen molar-refractivity contribution in [3.05, 3.63) is 66.2 Å². The molecule has 1 aromatic heterocycles. The Morgan fingerprint density at radius 2 is 1.74 bits per heavy atom. The lowest BCUT2D eigenvalue weighted by Crippen LogP contribution is -2.32. The van der Waals surface area contributed by atoms with Crippen LogP contribution in [-0.2, 0) is 4.79 Å². The van der Waals surface area contributed by atoms with Crippen LogP contribution in [0.25, 0.3) is 16.3 Å². The quantitative estimate of drug-likeness (QED) is 0.537. The van der Waals surface area contributed by atoms with Gasteiger partial charge >= 0.3 is 0 Å². The lowest BCUT2D eigenvalue weighted by molar-refractivity contribution is -0.114. The van der Waals surface area contributed by atoms with Crippen molar-refractivity contribution in [2.75, 3.05) is 32.1 Å². The van der Waals surface area contributed by atoms with Crippen LogP contribution < -0.4 is 4.90 Å². The third kappa shape index (κ3) is 5.89. The molecule has 0 aliphatic carbocycles. The number of carbonyl (C=O) groups is 1. The van der Waals surface area contributed by atoms with Gasteiger partial charge in [0.1, 0.15) is 0 Å². The third-order valence-electron chi connectivity index (χ3n) is 3.98. The van der Waals surface area contributed by atoms with Crippen LogP contribution >= 0.6 is 23.7 Å². The van der Waals surface area contributed by atoms with E-state index < -0.39 is 0 Å². The normalized spacial score (nSPS) is 11.1. The number of benzene rings is 2. The van der Waals surface area contributed by atoms with E-state index in [2.05, 4.69) is 9.88 Å². The van der Waals surface area contributed by atoms with E-state index in [0.717, 1.165) is 33.9 Å². The summed E-state index contributed by atoms with van der Waals surface area (Å²) in [6.07, 6.45) is 4.39. The molecule has 0 N–H and O–H groups in total. The van der Waals surface area contributed by atoms with Crippen LogP contribution in [0.4, 0.5) is 5.13 Å². The monoisotopic (exact) mass is 401 g/mol. The molecule has 27 heavy (non-hydrogen) atoms. The van der Waals surface area contributed by atoms with Gasteiger partial charge in [0.05, 0.1) is 10.2 Å². The summed E-state index contributed by atoms with van der Waals surface area (Å²) in [4.78, 5) is 21.4. The van der Waals surface area contributed by atoms with Crippen LogP contribution in [0, 0.1) is 0 Å². The third-order valence-corrected chi connectivity index (χ3v) is 5.04. The Hall–Kier alpha value is -2.21. The maximum absolute atomic E-state index is 12.9. The number of rotatable bonds is 7. The summed E-state index contributed by atoms with van der Waals surface area (Å²) in [7, 11) is 4.08. The summed E-state index contributed by atoms with van der Waals surface area (Å²) in [5.41, 5.74) is 1.95. The number of carbonyl (C=O) groups excluding carboxylic acids is 1. The Kier molecular flexibility index (Phi) is 7.98. The number of fused-ring (bicyclic) bond motifs is 1. The highest BCUT2D eigenvalue weighted by atomic mass is 35.5. The first-order chi connectivity index (χ1) is 12.6. The van der Waals surface area contributed by atoms with E-state index in [1.54, 1.807) is 22.3 Å². The second-order valence-corrected chi connectivity index (χ2v) is 7.36. The lowest BCUT2D eigenvalue weighted by Gasteiger charge is -2.19. The molecule has 2 aromatic carbocycles. The average molecular weight is 402 g/mol. The molecule has 1 heterocycles. The van der Waals surface area contributed by atoms with Crippen molar-refractivity contribution in [3.63, 3.8) is 0 Å². The van der Waals surface area contributed by atoms with Crippen molar-refractivity contribution < 1.29 is 4.79 Å². The van der Waals surface area contributed by atoms with E-state index >= 15 is 0 Å². The first-order valence-corrected chi connectivity index (χ1v) is 9.50. The van der Waals surface area contributed by atoms with Gasteiger partial charge in [-0.15, -0.1) is 12.4 Å². The van der Waals surface area contributed by atoms with Crippen molar-refractivity contribution in [3.8, 4) is 0 Å². The van der Waals surface area contributed by atoms with Crippen molar-refractivity contribution in [1.29, 1.82) is 0 Å². The van der Waals surface area contributed by atoms with Gasteiger partial charge in [0.25, 0.3) is 5.91 Å². The Balaban J connectivity index is 0.00000261. The minimum Gasteiger partial charge on any atom is -0.309 e. The van der Waals surface area contributed by atoms with Gasteiger partial charge in [0.15, 0.2) is 5.13 Å². The van der Waals surface area contributed by atoms with Gasteiger partial charge in [0, 0.05) is 12.6 Å². The molecule has 0 radical (unpaired) electrons. The van der Waals surface area contributed by atoms with E-state index in [-0.39, 0.29) is 18.3 Å². The van der Waals surface area contributed by atoms with Gasteiger partial charge < -0.3 is 4.90 Å². The summed E-state index contributed by atoms with van der Waals surface area (Å²) in [6, 6.07) is 17.9.